The Labute approximate surface area is 122 Å². The third-order valence-corrected chi connectivity index (χ3v) is 2.30. The smallest absolute Gasteiger partial charge is 0.338 e. The average Bonchev–Trinajstić information content (AvgIpc) is 2.36. The second-order valence-corrected chi connectivity index (χ2v) is 4.95. The Morgan fingerprint density at radius 3 is 1.67 bits per heavy atom. The second kappa shape index (κ2) is 7.05. The molecule has 1 aromatic rings. The van der Waals surface area contributed by atoms with E-state index in [4.69, 9.17) is 14.7 Å². The van der Waals surface area contributed by atoms with Gasteiger partial charge in [-0.25, -0.2) is 9.59 Å². The van der Waals surface area contributed by atoms with Gasteiger partial charge in [0.25, 0.3) is 0 Å². The Kier molecular flexibility index (Phi) is 5.69. The topological polar surface area (TPSA) is 99.1 Å². The molecule has 0 saturated heterocycles. The minimum absolute atomic E-state index is 0.0215. The summed E-state index contributed by atoms with van der Waals surface area (Å²) in [6.07, 6.45) is -0.714. The molecule has 0 saturated carbocycles. The van der Waals surface area contributed by atoms with Crippen LogP contribution in [0.15, 0.2) is 18.2 Å². The molecule has 116 valence electrons. The SMILES string of the molecule is CC(C)OC(=O)c1cc(C(=O)OC(C)C)cc(N([O-])O)c1. The van der Waals surface area contributed by atoms with E-state index in [1.807, 2.05) is 0 Å². The molecule has 0 spiro atoms. The molecule has 0 aliphatic heterocycles. The van der Waals surface area contributed by atoms with Crippen molar-refractivity contribution < 1.29 is 24.3 Å². The van der Waals surface area contributed by atoms with Crippen molar-refractivity contribution in [1.29, 1.82) is 0 Å². The molecule has 0 aliphatic rings. The first-order valence-electron chi connectivity index (χ1n) is 6.44. The molecule has 7 nitrogen and oxygen atoms in total. The van der Waals surface area contributed by atoms with Crippen molar-refractivity contribution >= 4 is 17.6 Å². The fourth-order valence-corrected chi connectivity index (χ4v) is 1.52. The van der Waals surface area contributed by atoms with E-state index in [2.05, 4.69) is 0 Å². The van der Waals surface area contributed by atoms with Crippen molar-refractivity contribution in [3.63, 3.8) is 0 Å². The number of ether oxygens (including phenoxy) is 2. The Morgan fingerprint density at radius 2 is 1.38 bits per heavy atom. The number of carbonyl (C=O) groups is 2. The number of rotatable bonds is 5. The zero-order chi connectivity index (χ0) is 16.2. The molecule has 1 aromatic carbocycles. The molecular formula is C14H18NO6-. The second-order valence-electron chi connectivity index (χ2n) is 4.95. The van der Waals surface area contributed by atoms with Gasteiger partial charge in [-0.2, -0.15) is 0 Å². The predicted molar refractivity (Wildman–Crippen MR) is 75.2 cm³/mol. The number of nitrogens with zero attached hydrogens (tertiary/aromatic N) is 1. The van der Waals surface area contributed by atoms with Crippen LogP contribution >= 0.6 is 0 Å². The van der Waals surface area contributed by atoms with Crippen LogP contribution in [0.3, 0.4) is 0 Å². The highest BCUT2D eigenvalue weighted by Crippen LogP contribution is 2.20. The monoisotopic (exact) mass is 296 g/mol. The van der Waals surface area contributed by atoms with Crippen LogP contribution in [0.4, 0.5) is 5.69 Å². The lowest BCUT2D eigenvalue weighted by Crippen LogP contribution is -2.17. The summed E-state index contributed by atoms with van der Waals surface area (Å²) in [5.74, 6) is -1.40. The lowest BCUT2D eigenvalue weighted by atomic mass is 10.1. The van der Waals surface area contributed by atoms with Crippen LogP contribution in [-0.2, 0) is 9.47 Å². The van der Waals surface area contributed by atoms with Gasteiger partial charge in [-0.15, -0.1) is 0 Å². The van der Waals surface area contributed by atoms with E-state index in [0.29, 0.717) is 0 Å². The summed E-state index contributed by atoms with van der Waals surface area (Å²) in [5.41, 5.74) is -0.303. The molecule has 0 aromatic heterocycles. The summed E-state index contributed by atoms with van der Waals surface area (Å²) in [4.78, 5) is 23.7. The number of anilines is 1. The zero-order valence-electron chi connectivity index (χ0n) is 12.3. The molecule has 0 heterocycles. The van der Waals surface area contributed by atoms with E-state index in [1.165, 1.54) is 6.07 Å². The third-order valence-electron chi connectivity index (χ3n) is 2.30. The molecule has 1 rings (SSSR count). The van der Waals surface area contributed by atoms with Gasteiger partial charge < -0.3 is 19.9 Å². The fraction of sp³-hybridized carbons (Fsp3) is 0.429. The van der Waals surface area contributed by atoms with Crippen molar-refractivity contribution in [1.82, 2.24) is 0 Å². The molecular weight excluding hydrogens is 278 g/mol. The first kappa shape index (κ1) is 16.9. The minimum Gasteiger partial charge on any atom is -0.733 e. The maximum Gasteiger partial charge on any atom is 0.338 e. The van der Waals surface area contributed by atoms with Crippen LogP contribution in [-0.4, -0.2) is 29.4 Å². The first-order chi connectivity index (χ1) is 9.70. The Bertz CT molecular complexity index is 484. The van der Waals surface area contributed by atoms with Gasteiger partial charge in [-0.1, -0.05) is 0 Å². The third kappa shape index (κ3) is 5.05. The molecule has 1 N–H and O–H groups in total. The number of hydrogen-bond acceptors (Lipinski definition) is 7. The molecule has 0 radical (unpaired) electrons. The lowest BCUT2D eigenvalue weighted by molar-refractivity contribution is 0.0377. The number of hydrogen-bond donors (Lipinski definition) is 1. The largest absolute Gasteiger partial charge is 0.733 e. The maximum atomic E-state index is 11.9. The van der Waals surface area contributed by atoms with Crippen LogP contribution in [0.2, 0.25) is 0 Å². The van der Waals surface area contributed by atoms with Gasteiger partial charge in [-0.3, -0.25) is 5.21 Å². The summed E-state index contributed by atoms with van der Waals surface area (Å²) >= 11 is 0. The highest BCUT2D eigenvalue weighted by molar-refractivity contribution is 5.97. The quantitative estimate of drug-likeness (QED) is 0.658. The van der Waals surface area contributed by atoms with E-state index < -0.39 is 17.2 Å². The van der Waals surface area contributed by atoms with Crippen molar-refractivity contribution in [2.24, 2.45) is 0 Å². The predicted octanol–water partition coefficient (Wildman–Crippen LogP) is 2.51. The summed E-state index contributed by atoms with van der Waals surface area (Å²) in [6.45, 7) is 6.67. The Morgan fingerprint density at radius 1 is 1.00 bits per heavy atom. The van der Waals surface area contributed by atoms with Gasteiger partial charge in [-0.05, 0) is 45.9 Å². The number of esters is 2. The van der Waals surface area contributed by atoms with Crippen molar-refractivity contribution in [3.05, 3.63) is 34.5 Å². The summed E-state index contributed by atoms with van der Waals surface area (Å²) in [6, 6.07) is 3.51. The van der Waals surface area contributed by atoms with Gasteiger partial charge in [0, 0.05) is 0 Å². The molecule has 0 atom stereocenters. The van der Waals surface area contributed by atoms with E-state index in [1.54, 1.807) is 27.7 Å². The van der Waals surface area contributed by atoms with E-state index >= 15 is 0 Å². The molecule has 0 bridgehead atoms. The first-order valence-corrected chi connectivity index (χ1v) is 6.44. The van der Waals surface area contributed by atoms with Crippen molar-refractivity contribution in [3.8, 4) is 0 Å². The lowest BCUT2D eigenvalue weighted by Gasteiger charge is -2.23. The summed E-state index contributed by atoms with van der Waals surface area (Å²) in [5, 5.41) is 19.5. The molecule has 0 unspecified atom stereocenters. The van der Waals surface area contributed by atoms with Crippen LogP contribution in [0, 0.1) is 5.21 Å². The molecule has 0 amide bonds. The minimum atomic E-state index is -0.702. The molecule has 21 heavy (non-hydrogen) atoms. The van der Waals surface area contributed by atoms with E-state index in [0.717, 1.165) is 12.1 Å². The van der Waals surface area contributed by atoms with E-state index in [-0.39, 0.29) is 29.0 Å². The maximum absolute atomic E-state index is 11.9. The van der Waals surface area contributed by atoms with Crippen molar-refractivity contribution in [2.75, 3.05) is 5.23 Å². The Hall–Kier alpha value is -2.12. The molecule has 0 aliphatic carbocycles. The van der Waals surface area contributed by atoms with Gasteiger partial charge in [0.05, 0.1) is 29.0 Å². The summed E-state index contributed by atoms with van der Waals surface area (Å²) < 4.78 is 9.99. The number of carbonyl (C=O) groups excluding carboxylic acids is 2. The van der Waals surface area contributed by atoms with Gasteiger partial charge in [0.15, 0.2) is 0 Å². The molecule has 0 fully saturated rings. The fourth-order valence-electron chi connectivity index (χ4n) is 1.52. The summed E-state index contributed by atoms with van der Waals surface area (Å²) in [7, 11) is 0. The van der Waals surface area contributed by atoms with Crippen LogP contribution in [0.5, 0.6) is 0 Å². The van der Waals surface area contributed by atoms with Crippen LogP contribution < -0.4 is 5.23 Å². The van der Waals surface area contributed by atoms with Gasteiger partial charge >= 0.3 is 11.9 Å². The number of benzene rings is 1. The molecule has 7 heteroatoms. The van der Waals surface area contributed by atoms with Crippen LogP contribution in [0.1, 0.15) is 48.4 Å². The standard InChI is InChI=1S/C14H18NO6/c1-8(2)20-13(16)10-5-11(14(17)21-9(3)4)7-12(6-10)15(18)19/h5-9,18H,1-4H3/q-1. The van der Waals surface area contributed by atoms with Gasteiger partial charge in [0.1, 0.15) is 0 Å². The normalized spacial score (nSPS) is 10.7. The van der Waals surface area contributed by atoms with Gasteiger partial charge in [0.2, 0.25) is 0 Å². The highest BCUT2D eigenvalue weighted by atomic mass is 16.8. The highest BCUT2D eigenvalue weighted by Gasteiger charge is 2.17. The Balaban J connectivity index is 3.17. The van der Waals surface area contributed by atoms with Crippen molar-refractivity contribution in [2.45, 2.75) is 39.9 Å². The van der Waals surface area contributed by atoms with Crippen LogP contribution in [0.25, 0.3) is 0 Å². The average molecular weight is 296 g/mol. The zero-order valence-corrected chi connectivity index (χ0v) is 12.3. The van der Waals surface area contributed by atoms with E-state index in [9.17, 15) is 14.8 Å².